The molecule has 0 unspecified atom stereocenters. The molecule has 1 fully saturated rings. The van der Waals surface area contributed by atoms with Crippen molar-refractivity contribution in [2.45, 2.75) is 55.7 Å². The highest BCUT2D eigenvalue weighted by atomic mass is 32.2. The molecule has 2 rings (SSSR count). The van der Waals surface area contributed by atoms with Crippen molar-refractivity contribution in [2.24, 2.45) is 0 Å². The Kier molecular flexibility index (Phi) is 6.40. The van der Waals surface area contributed by atoms with E-state index in [1.54, 1.807) is 24.4 Å². The van der Waals surface area contributed by atoms with E-state index in [0.29, 0.717) is 10.8 Å². The van der Waals surface area contributed by atoms with E-state index in [2.05, 4.69) is 4.72 Å². The Morgan fingerprint density at radius 2 is 2.00 bits per heavy atom. The normalized spacial score (nSPS) is 17.1. The predicted octanol–water partition coefficient (Wildman–Crippen LogP) is 2.60. The Hall–Kier alpha value is -0.920. The van der Waals surface area contributed by atoms with Gasteiger partial charge in [0.2, 0.25) is 15.9 Å². The van der Waals surface area contributed by atoms with E-state index in [0.717, 1.165) is 25.7 Å². The smallest absolute Gasteiger partial charge is 0.250 e. The zero-order chi connectivity index (χ0) is 16.0. The largest absolute Gasteiger partial charge is 0.339 e. The van der Waals surface area contributed by atoms with E-state index in [1.165, 1.54) is 24.2 Å². The van der Waals surface area contributed by atoms with Gasteiger partial charge >= 0.3 is 0 Å². The molecular formula is C15H24N2O3S2. The summed E-state index contributed by atoms with van der Waals surface area (Å²) in [6, 6.07) is 3.56. The zero-order valence-electron chi connectivity index (χ0n) is 13.0. The van der Waals surface area contributed by atoms with Gasteiger partial charge in [-0.3, -0.25) is 4.79 Å². The molecule has 22 heavy (non-hydrogen) atoms. The van der Waals surface area contributed by atoms with Gasteiger partial charge in [0.05, 0.1) is 0 Å². The fraction of sp³-hybridized carbons (Fsp3) is 0.667. The summed E-state index contributed by atoms with van der Waals surface area (Å²) in [5, 5.41) is 1.74. The molecule has 0 spiro atoms. The summed E-state index contributed by atoms with van der Waals surface area (Å²) in [4.78, 5) is 13.7. The molecule has 1 aromatic rings. The van der Waals surface area contributed by atoms with Gasteiger partial charge in [-0.15, -0.1) is 11.3 Å². The number of sulfonamides is 1. The maximum atomic E-state index is 12.1. The van der Waals surface area contributed by atoms with Gasteiger partial charge in [0, 0.05) is 26.1 Å². The number of carbonyl (C=O) groups is 1. The first kappa shape index (κ1) is 17.4. The lowest BCUT2D eigenvalue weighted by molar-refractivity contribution is -0.131. The maximum absolute atomic E-state index is 12.1. The summed E-state index contributed by atoms with van der Waals surface area (Å²) in [6.07, 6.45) is 6.81. The minimum absolute atomic E-state index is 0.0298. The van der Waals surface area contributed by atoms with Crippen LogP contribution in [0.5, 0.6) is 0 Å². The van der Waals surface area contributed by atoms with Crippen molar-refractivity contribution in [3.63, 3.8) is 0 Å². The molecular weight excluding hydrogens is 320 g/mol. The maximum Gasteiger partial charge on any atom is 0.250 e. The quantitative estimate of drug-likeness (QED) is 0.807. The van der Waals surface area contributed by atoms with Crippen molar-refractivity contribution in [2.75, 3.05) is 13.1 Å². The van der Waals surface area contributed by atoms with Crippen LogP contribution in [-0.2, 0) is 14.8 Å². The lowest BCUT2D eigenvalue weighted by atomic mass is 10.1. The van der Waals surface area contributed by atoms with Gasteiger partial charge in [-0.25, -0.2) is 13.1 Å². The van der Waals surface area contributed by atoms with E-state index >= 15 is 0 Å². The third-order valence-corrected chi connectivity index (χ3v) is 6.93. The van der Waals surface area contributed by atoms with E-state index in [4.69, 9.17) is 0 Å². The summed E-state index contributed by atoms with van der Waals surface area (Å²) < 4.78 is 27.0. The summed E-state index contributed by atoms with van der Waals surface area (Å²) in [7, 11) is -3.45. The monoisotopic (exact) mass is 344 g/mol. The van der Waals surface area contributed by atoms with Gasteiger partial charge in [0.1, 0.15) is 4.21 Å². The lowest BCUT2D eigenvalue weighted by Gasteiger charge is -2.30. The molecule has 0 atom stereocenters. The Morgan fingerprint density at radius 1 is 1.32 bits per heavy atom. The molecule has 1 aliphatic carbocycles. The fourth-order valence-corrected chi connectivity index (χ4v) is 5.01. The minimum atomic E-state index is -3.45. The van der Waals surface area contributed by atoms with Crippen LogP contribution in [0.4, 0.5) is 0 Å². The molecule has 0 aliphatic heterocycles. The van der Waals surface area contributed by atoms with Crippen LogP contribution in [0.3, 0.4) is 0 Å². The Bertz CT molecular complexity index is 562. The van der Waals surface area contributed by atoms with Gasteiger partial charge in [0.15, 0.2) is 0 Å². The molecule has 0 radical (unpaired) electrons. The van der Waals surface area contributed by atoms with Crippen molar-refractivity contribution in [3.8, 4) is 0 Å². The first-order valence-corrected chi connectivity index (χ1v) is 10.2. The number of amides is 1. The van der Waals surface area contributed by atoms with Gasteiger partial charge < -0.3 is 4.90 Å². The molecule has 0 saturated heterocycles. The highest BCUT2D eigenvalue weighted by molar-refractivity contribution is 7.91. The van der Waals surface area contributed by atoms with E-state index < -0.39 is 10.0 Å². The second-order valence-electron chi connectivity index (χ2n) is 5.69. The second kappa shape index (κ2) is 8.08. The third-order valence-electron chi connectivity index (χ3n) is 4.07. The third kappa shape index (κ3) is 4.79. The van der Waals surface area contributed by atoms with Gasteiger partial charge in [0.25, 0.3) is 0 Å². The first-order chi connectivity index (χ1) is 10.5. The van der Waals surface area contributed by atoms with Crippen LogP contribution in [0.1, 0.15) is 45.4 Å². The molecule has 0 bridgehead atoms. The van der Waals surface area contributed by atoms with Crippen LogP contribution in [-0.4, -0.2) is 38.4 Å². The highest BCUT2D eigenvalue weighted by Crippen LogP contribution is 2.22. The Balaban J connectivity index is 1.90. The van der Waals surface area contributed by atoms with Gasteiger partial charge in [-0.2, -0.15) is 0 Å². The topological polar surface area (TPSA) is 66.5 Å². The molecule has 0 aromatic carbocycles. The van der Waals surface area contributed by atoms with Crippen LogP contribution in [0.15, 0.2) is 21.7 Å². The molecule has 124 valence electrons. The average Bonchev–Trinajstić information content (AvgIpc) is 2.89. The summed E-state index contributed by atoms with van der Waals surface area (Å²) in [5.74, 6) is 0.0298. The minimum Gasteiger partial charge on any atom is -0.339 e. The zero-order valence-corrected chi connectivity index (χ0v) is 14.6. The van der Waals surface area contributed by atoms with Crippen LogP contribution in [0.25, 0.3) is 0 Å². The average molecular weight is 345 g/mol. The molecule has 1 N–H and O–H groups in total. The SMILES string of the molecule is CC(=O)N(CCNS(=O)(=O)c1cccs1)C1CCCCCC1. The number of hydrogen-bond donors (Lipinski definition) is 1. The van der Waals surface area contributed by atoms with Gasteiger partial charge in [-0.05, 0) is 24.3 Å². The number of nitrogens with one attached hydrogen (secondary N) is 1. The Labute approximate surface area is 136 Å². The van der Waals surface area contributed by atoms with E-state index in [-0.39, 0.29) is 18.5 Å². The molecule has 1 aliphatic rings. The van der Waals surface area contributed by atoms with Crippen LogP contribution < -0.4 is 4.72 Å². The summed E-state index contributed by atoms with van der Waals surface area (Å²) in [5.41, 5.74) is 0. The van der Waals surface area contributed by atoms with Crippen molar-refractivity contribution in [1.29, 1.82) is 0 Å². The van der Waals surface area contributed by atoms with E-state index in [9.17, 15) is 13.2 Å². The number of nitrogens with zero attached hydrogens (tertiary/aromatic N) is 1. The fourth-order valence-electron chi connectivity index (χ4n) is 2.95. The summed E-state index contributed by atoms with van der Waals surface area (Å²) in [6.45, 7) is 2.26. The predicted molar refractivity (Wildman–Crippen MR) is 88.4 cm³/mol. The highest BCUT2D eigenvalue weighted by Gasteiger charge is 2.23. The molecule has 1 heterocycles. The molecule has 5 nitrogen and oxygen atoms in total. The second-order valence-corrected chi connectivity index (χ2v) is 8.63. The number of carbonyl (C=O) groups excluding carboxylic acids is 1. The van der Waals surface area contributed by atoms with Crippen LogP contribution in [0.2, 0.25) is 0 Å². The lowest BCUT2D eigenvalue weighted by Crippen LogP contribution is -2.43. The van der Waals surface area contributed by atoms with E-state index in [1.807, 2.05) is 4.90 Å². The van der Waals surface area contributed by atoms with Crippen LogP contribution >= 0.6 is 11.3 Å². The Morgan fingerprint density at radius 3 is 2.55 bits per heavy atom. The first-order valence-electron chi connectivity index (χ1n) is 7.81. The molecule has 1 amide bonds. The number of rotatable bonds is 6. The standard InChI is InChI=1S/C15H24N2O3S2/c1-13(18)17(14-7-4-2-3-5-8-14)11-10-16-22(19,20)15-9-6-12-21-15/h6,9,12,14,16H,2-5,7-8,10-11H2,1H3. The van der Waals surface area contributed by atoms with Crippen molar-refractivity contribution in [3.05, 3.63) is 17.5 Å². The number of thiophene rings is 1. The molecule has 7 heteroatoms. The molecule has 1 saturated carbocycles. The van der Waals surface area contributed by atoms with Crippen LogP contribution in [0, 0.1) is 0 Å². The van der Waals surface area contributed by atoms with Crippen molar-refractivity contribution < 1.29 is 13.2 Å². The van der Waals surface area contributed by atoms with Crippen molar-refractivity contribution >= 4 is 27.3 Å². The van der Waals surface area contributed by atoms with Gasteiger partial charge in [-0.1, -0.05) is 31.7 Å². The molecule has 1 aromatic heterocycles. The number of hydrogen-bond acceptors (Lipinski definition) is 4. The summed E-state index contributed by atoms with van der Waals surface area (Å²) >= 11 is 1.19. The van der Waals surface area contributed by atoms with Crippen molar-refractivity contribution in [1.82, 2.24) is 9.62 Å².